The largest absolute Gasteiger partial charge is 0.370 e. The van der Waals surface area contributed by atoms with Crippen molar-refractivity contribution in [2.24, 2.45) is 5.73 Å². The van der Waals surface area contributed by atoms with Crippen LogP contribution in [0.1, 0.15) is 12.0 Å². The van der Waals surface area contributed by atoms with E-state index >= 15 is 0 Å². The molecule has 1 saturated heterocycles. The summed E-state index contributed by atoms with van der Waals surface area (Å²) in [4.78, 5) is 35.4. The Bertz CT molecular complexity index is 501. The Balaban J connectivity index is 1.99. The molecular weight excluding hydrogens is 246 g/mol. The number of urea groups is 1. The Morgan fingerprint density at radius 1 is 1.26 bits per heavy atom. The van der Waals surface area contributed by atoms with Crippen molar-refractivity contribution in [1.82, 2.24) is 10.2 Å². The molecule has 1 heterocycles. The molecule has 6 heteroatoms. The van der Waals surface area contributed by atoms with Crippen molar-refractivity contribution in [2.45, 2.75) is 18.9 Å². The minimum atomic E-state index is -0.567. The number of hydrogen-bond acceptors (Lipinski definition) is 3. The van der Waals surface area contributed by atoms with Crippen LogP contribution in [0.15, 0.2) is 30.3 Å². The number of imide groups is 1. The van der Waals surface area contributed by atoms with Gasteiger partial charge in [-0.3, -0.25) is 14.5 Å². The normalized spacial score (nSPS) is 18.5. The zero-order valence-corrected chi connectivity index (χ0v) is 10.3. The molecule has 6 nitrogen and oxygen atoms in total. The van der Waals surface area contributed by atoms with Crippen LogP contribution >= 0.6 is 0 Å². The van der Waals surface area contributed by atoms with Gasteiger partial charge in [-0.05, 0) is 5.56 Å². The lowest BCUT2D eigenvalue weighted by Gasteiger charge is -2.11. The molecule has 2 rings (SSSR count). The molecule has 0 spiro atoms. The van der Waals surface area contributed by atoms with Gasteiger partial charge in [0, 0.05) is 19.4 Å². The maximum Gasteiger partial charge on any atom is 0.324 e. The number of nitrogens with one attached hydrogen (secondary N) is 1. The second-order valence-electron chi connectivity index (χ2n) is 4.40. The number of carbonyl (C=O) groups is 3. The molecule has 0 aromatic heterocycles. The highest BCUT2D eigenvalue weighted by atomic mass is 16.2. The summed E-state index contributed by atoms with van der Waals surface area (Å²) in [6.07, 6.45) is 0.426. The Hall–Kier alpha value is -2.37. The molecule has 0 aliphatic carbocycles. The van der Waals surface area contributed by atoms with E-state index in [0.29, 0.717) is 6.42 Å². The zero-order valence-electron chi connectivity index (χ0n) is 10.3. The Labute approximate surface area is 110 Å². The van der Waals surface area contributed by atoms with Gasteiger partial charge in [-0.2, -0.15) is 0 Å². The Morgan fingerprint density at radius 3 is 2.58 bits per heavy atom. The monoisotopic (exact) mass is 261 g/mol. The van der Waals surface area contributed by atoms with E-state index in [9.17, 15) is 14.4 Å². The fourth-order valence-corrected chi connectivity index (χ4v) is 2.00. The number of amides is 4. The second-order valence-corrected chi connectivity index (χ2v) is 4.40. The third-order valence-electron chi connectivity index (χ3n) is 2.97. The molecular formula is C13H15N3O3. The van der Waals surface area contributed by atoms with Crippen LogP contribution in [0.25, 0.3) is 0 Å². The molecule has 100 valence electrons. The van der Waals surface area contributed by atoms with E-state index in [0.717, 1.165) is 10.5 Å². The smallest absolute Gasteiger partial charge is 0.324 e. The summed E-state index contributed by atoms with van der Waals surface area (Å²) in [7, 11) is 0. The number of primary amides is 1. The first-order valence-electron chi connectivity index (χ1n) is 6.02. The standard InChI is InChI=1S/C13H15N3O3/c14-11(17)6-7-16-12(18)10(15-13(16)19)8-9-4-2-1-3-5-9/h1-5,10H,6-8H2,(H2,14,17)(H,15,19). The van der Waals surface area contributed by atoms with Crippen molar-refractivity contribution in [3.8, 4) is 0 Å². The Morgan fingerprint density at radius 2 is 1.95 bits per heavy atom. The van der Waals surface area contributed by atoms with Crippen LogP contribution in [0.5, 0.6) is 0 Å². The fourth-order valence-electron chi connectivity index (χ4n) is 2.00. The maximum absolute atomic E-state index is 12.0. The molecule has 1 fully saturated rings. The van der Waals surface area contributed by atoms with Crippen LogP contribution in [0.4, 0.5) is 4.79 Å². The molecule has 1 aromatic rings. The zero-order chi connectivity index (χ0) is 13.8. The van der Waals surface area contributed by atoms with Gasteiger partial charge < -0.3 is 11.1 Å². The van der Waals surface area contributed by atoms with Gasteiger partial charge in [0.25, 0.3) is 5.91 Å². The lowest BCUT2D eigenvalue weighted by Crippen LogP contribution is -2.34. The van der Waals surface area contributed by atoms with Crippen molar-refractivity contribution in [1.29, 1.82) is 0 Å². The number of hydrogen-bond donors (Lipinski definition) is 2. The molecule has 0 radical (unpaired) electrons. The predicted molar refractivity (Wildman–Crippen MR) is 68.0 cm³/mol. The van der Waals surface area contributed by atoms with Gasteiger partial charge in [0.05, 0.1) is 0 Å². The summed E-state index contributed by atoms with van der Waals surface area (Å²) in [5, 5.41) is 2.61. The van der Waals surface area contributed by atoms with E-state index in [4.69, 9.17) is 5.73 Å². The number of rotatable bonds is 5. The molecule has 19 heavy (non-hydrogen) atoms. The average Bonchev–Trinajstić information content (AvgIpc) is 2.63. The first kappa shape index (κ1) is 13.1. The molecule has 0 bridgehead atoms. The quantitative estimate of drug-likeness (QED) is 0.732. The van der Waals surface area contributed by atoms with Crippen LogP contribution in [0.2, 0.25) is 0 Å². The van der Waals surface area contributed by atoms with Crippen molar-refractivity contribution >= 4 is 17.8 Å². The molecule has 1 atom stereocenters. The highest BCUT2D eigenvalue weighted by Crippen LogP contribution is 2.12. The van der Waals surface area contributed by atoms with Gasteiger partial charge in [0.2, 0.25) is 5.91 Å². The molecule has 4 amide bonds. The van der Waals surface area contributed by atoms with Gasteiger partial charge in [-0.1, -0.05) is 30.3 Å². The first-order chi connectivity index (χ1) is 9.08. The fraction of sp³-hybridized carbons (Fsp3) is 0.308. The summed E-state index contributed by atoms with van der Waals surface area (Å²) in [6.45, 7) is 0.0330. The number of nitrogens with zero attached hydrogens (tertiary/aromatic N) is 1. The lowest BCUT2D eigenvalue weighted by molar-refractivity contribution is -0.127. The molecule has 1 aliphatic heterocycles. The van der Waals surface area contributed by atoms with Crippen molar-refractivity contribution < 1.29 is 14.4 Å². The van der Waals surface area contributed by atoms with Gasteiger partial charge in [0.15, 0.2) is 0 Å². The SMILES string of the molecule is NC(=O)CCN1C(=O)NC(Cc2ccccc2)C1=O. The van der Waals surface area contributed by atoms with Crippen molar-refractivity contribution in [2.75, 3.05) is 6.54 Å². The molecule has 1 aromatic carbocycles. The van der Waals surface area contributed by atoms with E-state index < -0.39 is 18.0 Å². The summed E-state index contributed by atoms with van der Waals surface area (Å²) < 4.78 is 0. The third kappa shape index (κ3) is 3.09. The predicted octanol–water partition coefficient (Wildman–Crippen LogP) is 0.0249. The van der Waals surface area contributed by atoms with Crippen LogP contribution in [0.3, 0.4) is 0 Å². The summed E-state index contributed by atoms with van der Waals surface area (Å²) in [5.74, 6) is -0.845. The Kier molecular flexibility index (Phi) is 3.79. The second kappa shape index (κ2) is 5.51. The molecule has 3 N–H and O–H groups in total. The van der Waals surface area contributed by atoms with Crippen LogP contribution in [0, 0.1) is 0 Å². The number of nitrogens with two attached hydrogens (primary N) is 1. The summed E-state index contributed by atoms with van der Waals surface area (Å²) >= 11 is 0. The van der Waals surface area contributed by atoms with E-state index in [1.807, 2.05) is 30.3 Å². The van der Waals surface area contributed by atoms with Crippen LogP contribution in [-0.2, 0) is 16.0 Å². The minimum Gasteiger partial charge on any atom is -0.370 e. The molecule has 0 saturated carbocycles. The van der Waals surface area contributed by atoms with Gasteiger partial charge in [0.1, 0.15) is 6.04 Å². The molecule has 1 aliphatic rings. The van der Waals surface area contributed by atoms with Gasteiger partial charge >= 0.3 is 6.03 Å². The maximum atomic E-state index is 12.0. The number of benzene rings is 1. The average molecular weight is 261 g/mol. The third-order valence-corrected chi connectivity index (χ3v) is 2.97. The number of carbonyl (C=O) groups excluding carboxylic acids is 3. The van der Waals surface area contributed by atoms with Crippen molar-refractivity contribution in [3.63, 3.8) is 0 Å². The first-order valence-corrected chi connectivity index (χ1v) is 6.02. The van der Waals surface area contributed by atoms with E-state index in [1.165, 1.54) is 0 Å². The highest BCUT2D eigenvalue weighted by molar-refractivity contribution is 6.04. The van der Waals surface area contributed by atoms with E-state index in [-0.39, 0.29) is 18.9 Å². The van der Waals surface area contributed by atoms with Crippen LogP contribution < -0.4 is 11.1 Å². The van der Waals surface area contributed by atoms with E-state index in [2.05, 4.69) is 5.32 Å². The van der Waals surface area contributed by atoms with Crippen molar-refractivity contribution in [3.05, 3.63) is 35.9 Å². The minimum absolute atomic E-state index is 0.0166. The summed E-state index contributed by atoms with van der Waals surface area (Å²) in [5.41, 5.74) is 5.98. The highest BCUT2D eigenvalue weighted by Gasteiger charge is 2.37. The lowest BCUT2D eigenvalue weighted by atomic mass is 10.1. The van der Waals surface area contributed by atoms with Crippen LogP contribution in [-0.4, -0.2) is 35.3 Å². The van der Waals surface area contributed by atoms with E-state index in [1.54, 1.807) is 0 Å². The molecule has 1 unspecified atom stereocenters. The topological polar surface area (TPSA) is 92.5 Å². The van der Waals surface area contributed by atoms with Gasteiger partial charge in [-0.15, -0.1) is 0 Å². The summed E-state index contributed by atoms with van der Waals surface area (Å²) in [6, 6.07) is 8.40. The van der Waals surface area contributed by atoms with Gasteiger partial charge in [-0.25, -0.2) is 4.79 Å².